The lowest BCUT2D eigenvalue weighted by Crippen LogP contribution is -2.27. The van der Waals surface area contributed by atoms with Crippen molar-refractivity contribution in [3.05, 3.63) is 137 Å². The van der Waals surface area contributed by atoms with Crippen LogP contribution in [0.2, 0.25) is 0 Å². The third-order valence-electron chi connectivity index (χ3n) is 7.63. The van der Waals surface area contributed by atoms with Gasteiger partial charge in [0.25, 0.3) is 0 Å². The molecule has 1 aromatic heterocycles. The molecule has 4 nitrogen and oxygen atoms in total. The number of aromatic nitrogens is 1. The summed E-state index contributed by atoms with van der Waals surface area (Å²) in [6.07, 6.45) is 4.21. The van der Waals surface area contributed by atoms with E-state index in [1.54, 1.807) is 7.11 Å². The topological polar surface area (TPSA) is 54.1 Å². The molecule has 5 aromatic rings. The molecular weight excluding hydrogens is 480 g/mol. The van der Waals surface area contributed by atoms with E-state index in [0.717, 1.165) is 35.2 Å². The van der Waals surface area contributed by atoms with Crippen LogP contribution >= 0.6 is 0 Å². The highest BCUT2D eigenvalue weighted by atomic mass is 16.5. The molecule has 0 saturated carbocycles. The van der Waals surface area contributed by atoms with Gasteiger partial charge in [-0.3, -0.25) is 4.79 Å². The average Bonchev–Trinajstić information content (AvgIpc) is 3.43. The zero-order valence-electron chi connectivity index (χ0n) is 22.7. The number of nitrogens with one attached hydrogen (secondary N) is 2. The van der Waals surface area contributed by atoms with Crippen molar-refractivity contribution in [3.63, 3.8) is 0 Å². The zero-order chi connectivity index (χ0) is 27.0. The molecule has 39 heavy (non-hydrogen) atoms. The van der Waals surface area contributed by atoms with Crippen LogP contribution in [-0.4, -0.2) is 24.5 Å². The Morgan fingerprint density at radius 3 is 2.15 bits per heavy atom. The Balaban J connectivity index is 1.36. The number of para-hydroxylation sites is 1. The van der Waals surface area contributed by atoms with Crippen molar-refractivity contribution in [2.45, 2.75) is 38.0 Å². The van der Waals surface area contributed by atoms with Crippen LogP contribution in [-0.2, 0) is 11.2 Å². The number of hydrogen-bond donors (Lipinski definition) is 2. The predicted molar refractivity (Wildman–Crippen MR) is 159 cm³/mol. The minimum absolute atomic E-state index is 0.0451. The second-order valence-corrected chi connectivity index (χ2v) is 9.98. The third kappa shape index (κ3) is 6.06. The van der Waals surface area contributed by atoms with E-state index < -0.39 is 0 Å². The Kier molecular flexibility index (Phi) is 8.42. The first-order chi connectivity index (χ1) is 19.2. The molecule has 1 atom stereocenters. The molecule has 0 unspecified atom stereocenters. The fourth-order valence-corrected chi connectivity index (χ4v) is 5.60. The van der Waals surface area contributed by atoms with Crippen molar-refractivity contribution >= 4 is 16.8 Å². The van der Waals surface area contributed by atoms with Crippen molar-refractivity contribution in [2.75, 3.05) is 13.7 Å². The smallest absolute Gasteiger partial charge is 0.220 e. The van der Waals surface area contributed by atoms with E-state index in [4.69, 9.17) is 4.74 Å². The fourth-order valence-electron chi connectivity index (χ4n) is 5.60. The third-order valence-corrected chi connectivity index (χ3v) is 7.63. The fraction of sp³-hybridized carbons (Fsp3) is 0.229. The first-order valence-electron chi connectivity index (χ1n) is 13.8. The van der Waals surface area contributed by atoms with Crippen LogP contribution in [0.4, 0.5) is 0 Å². The van der Waals surface area contributed by atoms with Crippen molar-refractivity contribution in [3.8, 4) is 5.75 Å². The highest BCUT2D eigenvalue weighted by molar-refractivity contribution is 5.88. The molecule has 4 aromatic carbocycles. The van der Waals surface area contributed by atoms with Gasteiger partial charge in [0.15, 0.2) is 0 Å². The van der Waals surface area contributed by atoms with E-state index in [1.807, 2.05) is 30.3 Å². The van der Waals surface area contributed by atoms with E-state index >= 15 is 0 Å². The molecule has 0 aliphatic rings. The van der Waals surface area contributed by atoms with Crippen molar-refractivity contribution < 1.29 is 9.53 Å². The number of rotatable bonds is 11. The lowest BCUT2D eigenvalue weighted by atomic mass is 9.87. The van der Waals surface area contributed by atoms with Crippen LogP contribution < -0.4 is 10.1 Å². The number of hydrogen-bond acceptors (Lipinski definition) is 2. The van der Waals surface area contributed by atoms with Crippen LogP contribution in [0.3, 0.4) is 0 Å². The number of carbonyl (C=O) groups excluding carboxylic acids is 1. The number of methoxy groups -OCH3 is 1. The molecule has 0 saturated heterocycles. The van der Waals surface area contributed by atoms with Gasteiger partial charge in [-0.05, 0) is 52.8 Å². The Labute approximate surface area is 231 Å². The lowest BCUT2D eigenvalue weighted by molar-refractivity contribution is -0.121. The van der Waals surface area contributed by atoms with E-state index in [-0.39, 0.29) is 17.7 Å². The maximum atomic E-state index is 13.4. The number of ether oxygens (including phenoxy) is 1. The monoisotopic (exact) mass is 516 g/mol. The normalized spacial score (nSPS) is 12.0. The molecule has 0 aliphatic carbocycles. The van der Waals surface area contributed by atoms with Gasteiger partial charge in [-0.1, -0.05) is 97.9 Å². The van der Waals surface area contributed by atoms with Gasteiger partial charge in [-0.25, -0.2) is 0 Å². The molecular formula is C35H36N2O2. The summed E-state index contributed by atoms with van der Waals surface area (Å²) in [4.78, 5) is 16.9. The zero-order valence-corrected chi connectivity index (χ0v) is 22.7. The Bertz CT molecular complexity index is 1470. The Morgan fingerprint density at radius 1 is 0.821 bits per heavy atom. The minimum atomic E-state index is -0.0972. The molecule has 4 heteroatoms. The van der Waals surface area contributed by atoms with Gasteiger partial charge in [0.2, 0.25) is 5.91 Å². The standard InChI is InChI=1S/C35H36N2O2/c1-3-25-16-11-19-31-33(24-37-35(25)31)32(28-17-10-18-29(22-28)39-2)23-34(38)36-21-20-30(26-12-6-4-7-13-26)27-14-8-5-9-15-27/h4-19,22,24,30,32,37H,3,20-21,23H2,1-2H3,(H,36,38)/t32-/m0/s1. The van der Waals surface area contributed by atoms with Crippen LogP contribution in [0, 0.1) is 0 Å². The minimum Gasteiger partial charge on any atom is -0.497 e. The molecule has 0 fully saturated rings. The summed E-state index contributed by atoms with van der Waals surface area (Å²) in [6.45, 7) is 2.77. The molecule has 0 spiro atoms. The van der Waals surface area contributed by atoms with Gasteiger partial charge in [-0.15, -0.1) is 0 Å². The molecule has 0 bridgehead atoms. The second-order valence-electron chi connectivity index (χ2n) is 9.98. The summed E-state index contributed by atoms with van der Waals surface area (Å²) in [7, 11) is 1.68. The number of fused-ring (bicyclic) bond motifs is 1. The highest BCUT2D eigenvalue weighted by Gasteiger charge is 2.23. The van der Waals surface area contributed by atoms with Crippen LogP contribution in [0.5, 0.6) is 5.75 Å². The Hall–Kier alpha value is -4.31. The van der Waals surface area contributed by atoms with Gasteiger partial charge < -0.3 is 15.0 Å². The maximum absolute atomic E-state index is 13.4. The largest absolute Gasteiger partial charge is 0.497 e. The summed E-state index contributed by atoms with van der Waals surface area (Å²) in [5.41, 5.74) is 7.15. The highest BCUT2D eigenvalue weighted by Crippen LogP contribution is 2.36. The summed E-state index contributed by atoms with van der Waals surface area (Å²) < 4.78 is 5.52. The molecule has 0 radical (unpaired) electrons. The van der Waals surface area contributed by atoms with Gasteiger partial charge in [-0.2, -0.15) is 0 Å². The van der Waals surface area contributed by atoms with Crippen molar-refractivity contribution in [1.82, 2.24) is 10.3 Å². The summed E-state index contributed by atoms with van der Waals surface area (Å²) in [6, 6.07) is 35.5. The predicted octanol–water partition coefficient (Wildman–Crippen LogP) is 7.60. The van der Waals surface area contributed by atoms with Gasteiger partial charge in [0.1, 0.15) is 5.75 Å². The van der Waals surface area contributed by atoms with Crippen LogP contribution in [0.1, 0.15) is 59.4 Å². The molecule has 5 rings (SSSR count). The number of aryl methyl sites for hydroxylation is 1. The first-order valence-corrected chi connectivity index (χ1v) is 13.8. The number of carbonyl (C=O) groups is 1. The van der Waals surface area contributed by atoms with Crippen molar-refractivity contribution in [1.29, 1.82) is 0 Å². The molecule has 2 N–H and O–H groups in total. The number of H-pyrrole nitrogens is 1. The molecule has 1 amide bonds. The molecule has 1 heterocycles. The quantitative estimate of drug-likeness (QED) is 0.190. The van der Waals surface area contributed by atoms with Gasteiger partial charge in [0, 0.05) is 41.9 Å². The van der Waals surface area contributed by atoms with E-state index in [1.165, 1.54) is 22.1 Å². The number of amides is 1. The summed E-state index contributed by atoms with van der Waals surface area (Å²) in [5, 5.41) is 4.40. The van der Waals surface area contributed by atoms with Crippen LogP contribution in [0.15, 0.2) is 109 Å². The number of benzene rings is 4. The van der Waals surface area contributed by atoms with E-state index in [0.29, 0.717) is 13.0 Å². The molecule has 198 valence electrons. The second kappa shape index (κ2) is 12.5. The lowest BCUT2D eigenvalue weighted by Gasteiger charge is -2.20. The number of aromatic amines is 1. The van der Waals surface area contributed by atoms with Gasteiger partial charge in [0.05, 0.1) is 7.11 Å². The maximum Gasteiger partial charge on any atom is 0.220 e. The average molecular weight is 517 g/mol. The van der Waals surface area contributed by atoms with Crippen LogP contribution in [0.25, 0.3) is 10.9 Å². The molecule has 0 aliphatic heterocycles. The summed E-state index contributed by atoms with van der Waals surface area (Å²) >= 11 is 0. The summed E-state index contributed by atoms with van der Waals surface area (Å²) in [5.74, 6) is 0.965. The van der Waals surface area contributed by atoms with Gasteiger partial charge >= 0.3 is 0 Å². The SMILES string of the molecule is CCc1cccc2c([C@@H](CC(=O)NCCC(c3ccccc3)c3ccccc3)c3cccc(OC)c3)c[nH]c12. The van der Waals surface area contributed by atoms with Crippen molar-refractivity contribution in [2.24, 2.45) is 0 Å². The first kappa shape index (κ1) is 26.3. The Morgan fingerprint density at radius 2 is 1.49 bits per heavy atom. The van der Waals surface area contributed by atoms with E-state index in [2.05, 4.69) is 96.2 Å². The van der Waals surface area contributed by atoms with E-state index in [9.17, 15) is 4.79 Å².